The Balaban J connectivity index is 1.77. The Bertz CT molecular complexity index is 923. The zero-order chi connectivity index (χ0) is 21.9. The number of nitriles is 1. The van der Waals surface area contributed by atoms with Crippen LogP contribution in [0.2, 0.25) is 0 Å². The lowest BCUT2D eigenvalue weighted by Gasteiger charge is -2.29. The lowest BCUT2D eigenvalue weighted by atomic mass is 9.91. The van der Waals surface area contributed by atoms with Crippen LogP contribution < -0.4 is 5.32 Å². The van der Waals surface area contributed by atoms with Gasteiger partial charge in [0, 0.05) is 25.3 Å². The second kappa shape index (κ2) is 8.44. The van der Waals surface area contributed by atoms with Crippen molar-refractivity contribution in [1.82, 2.24) is 5.32 Å². The summed E-state index contributed by atoms with van der Waals surface area (Å²) >= 11 is 0. The fourth-order valence-electron chi connectivity index (χ4n) is 3.47. The third-order valence-electron chi connectivity index (χ3n) is 5.16. The average molecular weight is 425 g/mol. The normalized spacial score (nSPS) is 25.5. The van der Waals surface area contributed by atoms with Crippen LogP contribution in [0, 0.1) is 23.1 Å². The highest BCUT2D eigenvalue weighted by Gasteiger charge is 2.67. The highest BCUT2D eigenvalue weighted by Crippen LogP contribution is 2.42. The van der Waals surface area contributed by atoms with Crippen molar-refractivity contribution in [3.63, 3.8) is 0 Å². The maximum atomic E-state index is 14.4. The molecule has 3 rings (SSSR count). The monoisotopic (exact) mass is 425 g/mol. The molecule has 10 heteroatoms. The van der Waals surface area contributed by atoms with Crippen molar-refractivity contribution < 1.29 is 31.9 Å². The number of rotatable bonds is 6. The summed E-state index contributed by atoms with van der Waals surface area (Å²) in [5.74, 6) is -2.33. The topological polar surface area (TPSA) is 83.7 Å². The van der Waals surface area contributed by atoms with Gasteiger partial charge < -0.3 is 14.9 Å². The van der Waals surface area contributed by atoms with Crippen molar-refractivity contribution >= 4 is 11.6 Å². The summed E-state index contributed by atoms with van der Waals surface area (Å²) in [6, 6.07) is 4.70. The van der Waals surface area contributed by atoms with Gasteiger partial charge in [-0.1, -0.05) is 23.4 Å². The number of hydrogen-bond donors (Lipinski definition) is 1. The number of carbonyl (C=O) groups is 1. The van der Waals surface area contributed by atoms with Gasteiger partial charge in [0.1, 0.15) is 11.9 Å². The molecule has 0 spiro atoms. The number of alkyl halides is 3. The third-order valence-corrected chi connectivity index (χ3v) is 5.16. The van der Waals surface area contributed by atoms with E-state index in [1.165, 1.54) is 18.2 Å². The summed E-state index contributed by atoms with van der Waals surface area (Å²) in [7, 11) is 1.55. The molecule has 0 fully saturated rings. The van der Waals surface area contributed by atoms with E-state index in [2.05, 4.69) is 15.3 Å². The summed E-state index contributed by atoms with van der Waals surface area (Å²) in [5, 5.41) is 14.6. The fraction of sp³-hybridized carbons (Fsp3) is 0.450. The SMILES string of the molecule is COCC[C@H]1C=C[C@H](NC(=O)[C@@]2(C(F)(F)F)CC(c3cccc(C#N)c3F)=NO2)C1. The molecule has 30 heavy (non-hydrogen) atoms. The average Bonchev–Trinajstić information content (AvgIpc) is 3.34. The Kier molecular flexibility index (Phi) is 6.12. The van der Waals surface area contributed by atoms with Crippen LogP contribution in [-0.2, 0) is 14.4 Å². The maximum Gasteiger partial charge on any atom is 0.440 e. The van der Waals surface area contributed by atoms with E-state index in [1.54, 1.807) is 19.3 Å². The van der Waals surface area contributed by atoms with Gasteiger partial charge >= 0.3 is 11.8 Å². The van der Waals surface area contributed by atoms with Crippen LogP contribution in [0.15, 0.2) is 35.5 Å². The molecule has 160 valence electrons. The van der Waals surface area contributed by atoms with Gasteiger partial charge in [-0.05, 0) is 30.9 Å². The molecule has 1 amide bonds. The van der Waals surface area contributed by atoms with Gasteiger partial charge in [0.25, 0.3) is 5.91 Å². The minimum atomic E-state index is -5.09. The minimum absolute atomic E-state index is 0.0798. The molecule has 2 aliphatic rings. The molecule has 0 aromatic heterocycles. The van der Waals surface area contributed by atoms with Gasteiger partial charge in [-0.3, -0.25) is 4.79 Å². The van der Waals surface area contributed by atoms with Crippen LogP contribution in [0.5, 0.6) is 0 Å². The highest BCUT2D eigenvalue weighted by atomic mass is 19.4. The van der Waals surface area contributed by atoms with Gasteiger partial charge in [-0.25, -0.2) is 4.39 Å². The predicted molar refractivity (Wildman–Crippen MR) is 97.8 cm³/mol. The Hall–Kier alpha value is -2.93. The lowest BCUT2D eigenvalue weighted by Crippen LogP contribution is -2.58. The zero-order valence-corrected chi connectivity index (χ0v) is 16.0. The Labute approximate surface area is 170 Å². The Morgan fingerprint density at radius 1 is 1.43 bits per heavy atom. The van der Waals surface area contributed by atoms with Crippen molar-refractivity contribution in [2.75, 3.05) is 13.7 Å². The Morgan fingerprint density at radius 2 is 2.20 bits per heavy atom. The molecular formula is C20H19F4N3O3. The molecule has 0 saturated carbocycles. The van der Waals surface area contributed by atoms with E-state index in [4.69, 9.17) is 10.00 Å². The van der Waals surface area contributed by atoms with Crippen LogP contribution >= 0.6 is 0 Å². The van der Waals surface area contributed by atoms with E-state index in [1.807, 2.05) is 6.08 Å². The summed E-state index contributed by atoms with van der Waals surface area (Å²) < 4.78 is 61.0. The molecule has 0 saturated heterocycles. The zero-order valence-electron chi connectivity index (χ0n) is 16.0. The predicted octanol–water partition coefficient (Wildman–Crippen LogP) is 3.22. The van der Waals surface area contributed by atoms with Crippen LogP contribution in [0.25, 0.3) is 0 Å². The molecule has 0 unspecified atom stereocenters. The highest BCUT2D eigenvalue weighted by molar-refractivity contribution is 6.06. The molecule has 1 N–H and O–H groups in total. The number of hydrogen-bond acceptors (Lipinski definition) is 5. The first-order chi connectivity index (χ1) is 14.2. The van der Waals surface area contributed by atoms with Crippen molar-refractivity contribution in [3.05, 3.63) is 47.3 Å². The molecule has 1 aromatic rings. The maximum absolute atomic E-state index is 14.4. The number of amides is 1. The largest absolute Gasteiger partial charge is 0.440 e. The van der Waals surface area contributed by atoms with Crippen LogP contribution in [0.3, 0.4) is 0 Å². The number of benzene rings is 1. The molecular weight excluding hydrogens is 406 g/mol. The smallest absolute Gasteiger partial charge is 0.385 e. The second-order valence-corrected chi connectivity index (χ2v) is 7.15. The van der Waals surface area contributed by atoms with Crippen molar-refractivity contribution in [1.29, 1.82) is 5.26 Å². The molecule has 0 bridgehead atoms. The fourth-order valence-corrected chi connectivity index (χ4v) is 3.47. The van der Waals surface area contributed by atoms with Crippen LogP contribution in [-0.4, -0.2) is 43.2 Å². The van der Waals surface area contributed by atoms with Crippen molar-refractivity contribution in [2.45, 2.75) is 37.1 Å². The number of carbonyl (C=O) groups excluding carboxylic acids is 1. The summed E-state index contributed by atoms with van der Waals surface area (Å²) in [6.45, 7) is 0.496. The van der Waals surface area contributed by atoms with Crippen molar-refractivity contribution in [2.24, 2.45) is 11.1 Å². The lowest BCUT2D eigenvalue weighted by molar-refractivity contribution is -0.259. The van der Waals surface area contributed by atoms with Gasteiger partial charge in [0.15, 0.2) is 0 Å². The van der Waals surface area contributed by atoms with Gasteiger partial charge in [0.05, 0.1) is 17.7 Å². The number of nitrogens with zero attached hydrogens (tertiary/aromatic N) is 2. The van der Waals surface area contributed by atoms with Crippen molar-refractivity contribution in [3.8, 4) is 6.07 Å². The number of nitrogens with one attached hydrogen (secondary N) is 1. The van der Waals surface area contributed by atoms with E-state index < -0.39 is 41.7 Å². The van der Waals surface area contributed by atoms with E-state index >= 15 is 0 Å². The molecule has 1 aliphatic carbocycles. The van der Waals surface area contributed by atoms with E-state index in [-0.39, 0.29) is 17.0 Å². The summed E-state index contributed by atoms with van der Waals surface area (Å²) in [4.78, 5) is 17.3. The first-order valence-corrected chi connectivity index (χ1v) is 9.21. The summed E-state index contributed by atoms with van der Waals surface area (Å²) in [5.41, 5.74) is -4.32. The minimum Gasteiger partial charge on any atom is -0.385 e. The Morgan fingerprint density at radius 3 is 2.87 bits per heavy atom. The third kappa shape index (κ3) is 4.03. The standard InChI is InChI=1S/C20H19F4N3O3/c1-29-8-7-12-5-6-14(9-12)26-18(28)19(20(22,23)24)10-16(27-30-19)15-4-2-3-13(11-25)17(15)21/h2-6,12,14H,7-10H2,1H3,(H,26,28)/t12-,14+,19-/m1/s1. The molecule has 3 atom stereocenters. The number of allylic oxidation sites excluding steroid dienone is 1. The summed E-state index contributed by atoms with van der Waals surface area (Å²) in [6.07, 6.45) is -1.52. The number of oxime groups is 1. The van der Waals surface area contributed by atoms with Gasteiger partial charge in [-0.2, -0.15) is 18.4 Å². The first kappa shape index (κ1) is 21.8. The van der Waals surface area contributed by atoms with Crippen LogP contribution in [0.1, 0.15) is 30.4 Å². The van der Waals surface area contributed by atoms with E-state index in [9.17, 15) is 22.4 Å². The number of ether oxygens (including phenoxy) is 1. The van der Waals surface area contributed by atoms with E-state index in [0.29, 0.717) is 19.4 Å². The molecule has 1 heterocycles. The molecule has 1 aromatic carbocycles. The van der Waals surface area contributed by atoms with E-state index in [0.717, 1.165) is 0 Å². The molecule has 6 nitrogen and oxygen atoms in total. The number of methoxy groups -OCH3 is 1. The first-order valence-electron chi connectivity index (χ1n) is 9.21. The molecule has 1 aliphatic heterocycles. The van der Waals surface area contributed by atoms with Gasteiger partial charge in [0.2, 0.25) is 0 Å². The second-order valence-electron chi connectivity index (χ2n) is 7.15. The number of halogens is 4. The van der Waals surface area contributed by atoms with Crippen LogP contribution in [0.4, 0.5) is 17.6 Å². The molecule has 0 radical (unpaired) electrons. The van der Waals surface area contributed by atoms with Gasteiger partial charge in [-0.15, -0.1) is 0 Å². The quantitative estimate of drug-likeness (QED) is 0.560.